The molecule has 52 heavy (non-hydrogen) atoms. The zero-order chi connectivity index (χ0) is 37.2. The molecule has 1 aromatic carbocycles. The van der Waals surface area contributed by atoms with E-state index in [1.54, 1.807) is 32.0 Å². The summed E-state index contributed by atoms with van der Waals surface area (Å²) in [6.07, 6.45) is -2.11. The van der Waals surface area contributed by atoms with Crippen molar-refractivity contribution in [3.8, 4) is 0 Å². The van der Waals surface area contributed by atoms with E-state index < -0.39 is 89.9 Å². The molecule has 0 saturated carbocycles. The van der Waals surface area contributed by atoms with Crippen LogP contribution in [0.2, 0.25) is 0 Å². The third-order valence-corrected chi connectivity index (χ3v) is 12.7. The van der Waals surface area contributed by atoms with Gasteiger partial charge in [0.25, 0.3) is 11.1 Å². The number of aryl methyl sites for hydroxylation is 1. The van der Waals surface area contributed by atoms with Gasteiger partial charge in [-0.3, -0.25) is 28.7 Å². The molecule has 10 atom stereocenters. The maximum atomic E-state index is 15.6. The van der Waals surface area contributed by atoms with Crippen molar-refractivity contribution in [1.82, 2.24) is 24.4 Å². The van der Waals surface area contributed by atoms with Gasteiger partial charge in [-0.1, -0.05) is 32.0 Å². The monoisotopic (exact) mass is 767 g/mol. The highest BCUT2D eigenvalue weighted by Crippen LogP contribution is 2.49. The van der Waals surface area contributed by atoms with Crippen molar-refractivity contribution in [2.45, 2.75) is 100 Å². The molecule has 0 radical (unpaired) electrons. The van der Waals surface area contributed by atoms with Crippen LogP contribution in [0, 0.1) is 12.8 Å². The summed E-state index contributed by atoms with van der Waals surface area (Å²) >= 11 is 0. The number of aromatic nitrogens is 4. The Morgan fingerprint density at radius 2 is 1.79 bits per heavy atom. The number of ether oxygens (including phenoxy) is 2. The molecule has 3 fully saturated rings. The fraction of sp³-hybridized carbons (Fsp3) is 0.576. The zero-order valence-electron chi connectivity index (χ0n) is 28.9. The van der Waals surface area contributed by atoms with Gasteiger partial charge in [0.05, 0.1) is 41.7 Å². The summed E-state index contributed by atoms with van der Waals surface area (Å²) in [5.41, 5.74) is -2.29. The Bertz CT molecular complexity index is 2040. The van der Waals surface area contributed by atoms with Gasteiger partial charge in [0.2, 0.25) is 0 Å². The smallest absolute Gasteiger partial charge is 0.333 e. The molecular weight excluding hydrogens is 724 g/mol. The number of nitrogens with one attached hydrogen (secondary N) is 3. The van der Waals surface area contributed by atoms with Gasteiger partial charge in [0, 0.05) is 42.4 Å². The van der Waals surface area contributed by atoms with Crippen LogP contribution in [0.25, 0.3) is 0 Å². The van der Waals surface area contributed by atoms with Gasteiger partial charge in [0.1, 0.15) is 6.23 Å². The van der Waals surface area contributed by atoms with E-state index in [4.69, 9.17) is 23.0 Å². The van der Waals surface area contributed by atoms with E-state index in [0.29, 0.717) is 24.9 Å². The van der Waals surface area contributed by atoms with Crippen LogP contribution in [0.15, 0.2) is 72.9 Å². The molecule has 5 heterocycles. The van der Waals surface area contributed by atoms with Crippen molar-refractivity contribution < 1.29 is 35.9 Å². The number of aromatic amines is 2. The minimum absolute atomic E-state index is 0.137. The number of hydrogen-bond donors (Lipinski definition) is 3. The Labute approximate surface area is 299 Å². The number of benzene rings is 1. The van der Waals surface area contributed by atoms with E-state index >= 15 is 4.39 Å². The first kappa shape index (κ1) is 38.4. The van der Waals surface area contributed by atoms with Gasteiger partial charge < -0.3 is 28.4 Å². The Hall–Kier alpha value is -3.35. The number of alkyl halides is 1. The maximum absolute atomic E-state index is 15.6. The van der Waals surface area contributed by atoms with Gasteiger partial charge in [-0.05, 0) is 44.9 Å². The molecule has 19 heteroatoms. The summed E-state index contributed by atoms with van der Waals surface area (Å²) in [4.78, 5) is 53.3. The Morgan fingerprint density at radius 3 is 2.48 bits per heavy atom. The van der Waals surface area contributed by atoms with Crippen LogP contribution < -0.4 is 27.8 Å². The SMILES string of the molecule is CC[C@H]1O[C@@H](n2cc(C)c(=O)[nH]c2=O)CC1O[P@@](OC[C@H]1O[C@@H](n2ccc(=O)[nH]c2=O)[C@@H](F)C1C)O[C@H](CS(=O)(=O)c1ccccc1)[C@@H]1CCCN1. The first-order chi connectivity index (χ1) is 24.8. The van der Waals surface area contributed by atoms with Crippen LogP contribution in [0.3, 0.4) is 0 Å². The second-order valence-corrected chi connectivity index (χ2v) is 16.4. The molecule has 6 rings (SSSR count). The molecule has 0 spiro atoms. The molecule has 0 amide bonds. The quantitative estimate of drug-likeness (QED) is 0.202. The van der Waals surface area contributed by atoms with Crippen LogP contribution in [-0.2, 0) is 32.9 Å². The van der Waals surface area contributed by atoms with Gasteiger partial charge >= 0.3 is 20.0 Å². The lowest BCUT2D eigenvalue weighted by atomic mass is 10.0. The van der Waals surface area contributed by atoms with Crippen LogP contribution >= 0.6 is 8.60 Å². The normalized spacial score (nSPS) is 29.0. The first-order valence-corrected chi connectivity index (χ1v) is 20.0. The van der Waals surface area contributed by atoms with Crippen molar-refractivity contribution in [1.29, 1.82) is 0 Å². The maximum Gasteiger partial charge on any atom is 0.333 e. The molecule has 3 aliphatic rings. The predicted octanol–water partition coefficient (Wildman–Crippen LogP) is 2.20. The minimum Gasteiger partial charge on any atom is -0.352 e. The number of halogens is 1. The average molecular weight is 768 g/mol. The van der Waals surface area contributed by atoms with Crippen molar-refractivity contribution in [3.63, 3.8) is 0 Å². The third-order valence-electron chi connectivity index (χ3n) is 9.66. The molecule has 0 aliphatic carbocycles. The summed E-state index contributed by atoms with van der Waals surface area (Å²) < 4.78 is 76.4. The van der Waals surface area contributed by atoms with Gasteiger partial charge in [0.15, 0.2) is 22.2 Å². The second-order valence-electron chi connectivity index (χ2n) is 13.2. The molecular formula is C33H43FN5O11PS. The van der Waals surface area contributed by atoms with E-state index in [9.17, 15) is 27.6 Å². The molecule has 0 bridgehead atoms. The zero-order valence-corrected chi connectivity index (χ0v) is 30.6. The number of sulfone groups is 1. The van der Waals surface area contributed by atoms with Gasteiger partial charge in [-0.25, -0.2) is 22.4 Å². The molecule has 3 N–H and O–H groups in total. The van der Waals surface area contributed by atoms with Gasteiger partial charge in [-0.15, -0.1) is 0 Å². The fourth-order valence-electron chi connectivity index (χ4n) is 6.66. The molecule has 16 nitrogen and oxygen atoms in total. The number of hydrogen-bond acceptors (Lipinski definition) is 12. The predicted molar refractivity (Wildman–Crippen MR) is 186 cm³/mol. The van der Waals surface area contributed by atoms with Crippen LogP contribution in [0.4, 0.5) is 4.39 Å². The highest BCUT2D eigenvalue weighted by atomic mass is 32.2. The van der Waals surface area contributed by atoms with E-state index in [-0.39, 0.29) is 29.7 Å². The lowest BCUT2D eigenvalue weighted by molar-refractivity contribution is -0.0463. The topological polar surface area (TPSA) is 202 Å². The van der Waals surface area contributed by atoms with Gasteiger partial charge in [-0.2, -0.15) is 0 Å². The summed E-state index contributed by atoms with van der Waals surface area (Å²) in [7, 11) is -6.19. The highest BCUT2D eigenvalue weighted by molar-refractivity contribution is 7.91. The summed E-state index contributed by atoms with van der Waals surface area (Å²) in [5.74, 6) is -1.14. The number of rotatable bonds is 14. The second kappa shape index (κ2) is 16.3. The number of nitrogens with zero attached hydrogens (tertiary/aromatic N) is 2. The molecule has 2 aromatic heterocycles. The van der Waals surface area contributed by atoms with Crippen molar-refractivity contribution in [3.05, 3.63) is 96.0 Å². The van der Waals surface area contributed by atoms with Crippen molar-refractivity contribution in [2.75, 3.05) is 18.9 Å². The largest absolute Gasteiger partial charge is 0.352 e. The van der Waals surface area contributed by atoms with E-state index in [0.717, 1.165) is 23.3 Å². The summed E-state index contributed by atoms with van der Waals surface area (Å²) in [6.45, 7) is 5.47. The molecule has 284 valence electrons. The average Bonchev–Trinajstić information content (AvgIpc) is 3.86. The third kappa shape index (κ3) is 8.55. The standard InChI is InChI=1S/C33H43FN5O11PS/c1-4-23-24(15-28(47-23)39-16-19(2)30(41)37-33(39)43)49-51(46-17-25-20(3)29(34)31(48-25)38-14-12-27(40)36-32(38)42)50-26(22-11-8-13-35-22)18-52(44,45)21-9-6-5-7-10-21/h5-7,9-10,12,14,16,20,22-26,28-29,31,35H,4,8,11,13,15,17-18H2,1-3H3,(H,36,40,42)(H,37,41,43)/t20?,22-,23+,24?,25+,26+,28+,29-,31+,51+/m0/s1. The van der Waals surface area contributed by atoms with Crippen LogP contribution in [-0.4, -0.2) is 83.1 Å². The van der Waals surface area contributed by atoms with E-state index in [1.807, 2.05) is 6.92 Å². The fourth-order valence-corrected chi connectivity index (χ4v) is 9.58. The summed E-state index contributed by atoms with van der Waals surface area (Å²) in [5, 5.41) is 3.32. The van der Waals surface area contributed by atoms with E-state index in [2.05, 4.69) is 15.3 Å². The Balaban J connectivity index is 1.25. The van der Waals surface area contributed by atoms with E-state index in [1.165, 1.54) is 22.9 Å². The Kier molecular flexibility index (Phi) is 12.1. The first-order valence-electron chi connectivity index (χ1n) is 17.2. The summed E-state index contributed by atoms with van der Waals surface area (Å²) in [6, 6.07) is 8.79. The lowest BCUT2D eigenvalue weighted by Gasteiger charge is -2.30. The van der Waals surface area contributed by atoms with Crippen LogP contribution in [0.5, 0.6) is 0 Å². The molecule has 3 aromatic rings. The molecule has 3 saturated heterocycles. The van der Waals surface area contributed by atoms with Crippen molar-refractivity contribution >= 4 is 18.4 Å². The molecule has 2 unspecified atom stereocenters. The van der Waals surface area contributed by atoms with Crippen molar-refractivity contribution in [2.24, 2.45) is 5.92 Å². The van der Waals surface area contributed by atoms with Crippen LogP contribution in [0.1, 0.15) is 57.6 Å². The minimum atomic E-state index is -3.82. The molecule has 3 aliphatic heterocycles. The number of H-pyrrole nitrogens is 2. The lowest BCUT2D eigenvalue weighted by Crippen LogP contribution is -2.41. The highest BCUT2D eigenvalue weighted by Gasteiger charge is 2.46. The Morgan fingerprint density at radius 1 is 1.04 bits per heavy atom.